The Kier molecular flexibility index (Phi) is 6.01. The van der Waals surface area contributed by atoms with Crippen LogP contribution in [0.3, 0.4) is 0 Å². The van der Waals surface area contributed by atoms with Gasteiger partial charge in [0.05, 0.1) is 0 Å². The molecule has 0 aromatic carbocycles. The first kappa shape index (κ1) is 10.9. The van der Waals surface area contributed by atoms with Gasteiger partial charge < -0.3 is 9.84 Å². The van der Waals surface area contributed by atoms with E-state index in [1.54, 1.807) is 25.2 Å². The second kappa shape index (κ2) is 6.61. The van der Waals surface area contributed by atoms with Crippen LogP contribution >= 0.6 is 0 Å². The summed E-state index contributed by atoms with van der Waals surface area (Å²) in [5.74, 6) is -0.526. The number of carbonyl (C=O) groups is 1. The first-order valence-corrected chi connectivity index (χ1v) is 3.88. The van der Waals surface area contributed by atoms with Gasteiger partial charge in [0.25, 0.3) is 0 Å². The minimum absolute atomic E-state index is 0.406. The summed E-state index contributed by atoms with van der Waals surface area (Å²) in [6.07, 6.45) is 5.74. The van der Waals surface area contributed by atoms with E-state index < -0.39 is 12.3 Å². The molecule has 0 fully saturated rings. The van der Waals surface area contributed by atoms with E-state index >= 15 is 0 Å². The van der Waals surface area contributed by atoms with Gasteiger partial charge >= 0.3 is 5.97 Å². The first-order chi connectivity index (χ1) is 5.70. The van der Waals surface area contributed by atoms with Gasteiger partial charge in [-0.1, -0.05) is 25.2 Å². The Morgan fingerprint density at radius 3 is 2.75 bits per heavy atom. The normalized spacial score (nSPS) is 13.9. The quantitative estimate of drug-likeness (QED) is 0.300. The molecule has 0 aromatic rings. The van der Waals surface area contributed by atoms with Crippen molar-refractivity contribution in [1.29, 1.82) is 0 Å². The van der Waals surface area contributed by atoms with Crippen LogP contribution in [-0.4, -0.2) is 17.4 Å². The Bertz CT molecular complexity index is 182. The second-order valence-corrected chi connectivity index (χ2v) is 2.18. The molecule has 3 heteroatoms. The topological polar surface area (TPSA) is 46.5 Å². The Labute approximate surface area is 72.3 Å². The van der Waals surface area contributed by atoms with E-state index in [1.807, 2.05) is 6.92 Å². The van der Waals surface area contributed by atoms with E-state index in [0.717, 1.165) is 0 Å². The number of hydrogen-bond donors (Lipinski definition) is 1. The van der Waals surface area contributed by atoms with E-state index in [1.165, 1.54) is 6.08 Å². The number of carbonyl (C=O) groups excluding carboxylic acids is 1. The molecular formula is C9H14O3. The van der Waals surface area contributed by atoms with Gasteiger partial charge in [0.1, 0.15) is 0 Å². The van der Waals surface area contributed by atoms with E-state index in [9.17, 15) is 4.79 Å². The monoisotopic (exact) mass is 170 g/mol. The molecule has 0 heterocycles. The molecule has 0 spiro atoms. The molecule has 0 bridgehead atoms. The van der Waals surface area contributed by atoms with Crippen LogP contribution < -0.4 is 0 Å². The molecule has 1 unspecified atom stereocenters. The van der Waals surface area contributed by atoms with Crippen LogP contribution in [0, 0.1) is 0 Å². The van der Waals surface area contributed by atoms with E-state index in [0.29, 0.717) is 6.42 Å². The summed E-state index contributed by atoms with van der Waals surface area (Å²) in [5, 5.41) is 8.89. The van der Waals surface area contributed by atoms with Gasteiger partial charge in [-0.25, -0.2) is 4.79 Å². The maximum absolute atomic E-state index is 10.8. The lowest BCUT2D eigenvalue weighted by Crippen LogP contribution is -2.14. The molecule has 3 nitrogen and oxygen atoms in total. The van der Waals surface area contributed by atoms with Crippen molar-refractivity contribution >= 4 is 5.97 Å². The molecule has 68 valence electrons. The minimum Gasteiger partial charge on any atom is -0.433 e. The van der Waals surface area contributed by atoms with Crippen LogP contribution in [0.5, 0.6) is 0 Å². The van der Waals surface area contributed by atoms with Gasteiger partial charge in [-0.3, -0.25) is 0 Å². The van der Waals surface area contributed by atoms with Crippen LogP contribution in [0.1, 0.15) is 20.3 Å². The average Bonchev–Trinajstić information content (AvgIpc) is 2.05. The molecular weight excluding hydrogens is 156 g/mol. The summed E-state index contributed by atoms with van der Waals surface area (Å²) in [7, 11) is 0. The molecule has 0 rings (SSSR count). The zero-order valence-electron chi connectivity index (χ0n) is 7.36. The van der Waals surface area contributed by atoms with Crippen LogP contribution in [0.4, 0.5) is 0 Å². The van der Waals surface area contributed by atoms with E-state index in [4.69, 9.17) is 5.11 Å². The number of hydrogen-bond acceptors (Lipinski definition) is 3. The number of rotatable bonds is 4. The summed E-state index contributed by atoms with van der Waals surface area (Å²) >= 11 is 0. The Morgan fingerprint density at radius 1 is 1.58 bits per heavy atom. The van der Waals surface area contributed by atoms with Gasteiger partial charge in [0, 0.05) is 12.5 Å². The molecule has 0 aromatic heterocycles. The molecule has 0 aliphatic heterocycles. The number of aliphatic hydroxyl groups is 1. The molecule has 0 saturated heterocycles. The number of ether oxygens (including phenoxy) is 1. The molecule has 0 radical (unpaired) electrons. The zero-order chi connectivity index (χ0) is 9.40. The predicted octanol–water partition coefficient (Wildman–Crippen LogP) is 1.39. The highest BCUT2D eigenvalue weighted by atomic mass is 16.6. The molecule has 0 saturated carbocycles. The third-order valence-corrected chi connectivity index (χ3v) is 1.14. The predicted molar refractivity (Wildman–Crippen MR) is 46.3 cm³/mol. The lowest BCUT2D eigenvalue weighted by atomic mass is 10.4. The van der Waals surface area contributed by atoms with Gasteiger partial charge in [0.15, 0.2) is 0 Å². The van der Waals surface area contributed by atoms with E-state index in [-0.39, 0.29) is 0 Å². The standard InChI is InChI=1S/C9H14O3/c1-3-5-6-7-9(11)12-8(10)4-2/h3,5-8,10H,4H2,1-2H3/b5-3+,7-6+. The SMILES string of the molecule is C/C=C/C=C/C(=O)OC(O)CC. The average molecular weight is 170 g/mol. The van der Waals surface area contributed by atoms with Gasteiger partial charge in [0.2, 0.25) is 6.29 Å². The van der Waals surface area contributed by atoms with Crippen LogP contribution in [-0.2, 0) is 9.53 Å². The third-order valence-electron chi connectivity index (χ3n) is 1.14. The second-order valence-electron chi connectivity index (χ2n) is 2.18. The van der Waals surface area contributed by atoms with Crippen molar-refractivity contribution in [3.8, 4) is 0 Å². The zero-order valence-corrected chi connectivity index (χ0v) is 7.36. The molecule has 1 N–H and O–H groups in total. The highest BCUT2D eigenvalue weighted by Crippen LogP contribution is 1.93. The van der Waals surface area contributed by atoms with Crippen molar-refractivity contribution in [2.45, 2.75) is 26.6 Å². The van der Waals surface area contributed by atoms with Crippen LogP contribution in [0.2, 0.25) is 0 Å². The maximum Gasteiger partial charge on any atom is 0.333 e. The fourth-order valence-corrected chi connectivity index (χ4v) is 0.502. The van der Waals surface area contributed by atoms with Crippen molar-refractivity contribution in [2.75, 3.05) is 0 Å². The smallest absolute Gasteiger partial charge is 0.333 e. The fourth-order valence-electron chi connectivity index (χ4n) is 0.502. The highest BCUT2D eigenvalue weighted by Gasteiger charge is 2.03. The van der Waals surface area contributed by atoms with Crippen molar-refractivity contribution in [1.82, 2.24) is 0 Å². The molecule has 0 aliphatic carbocycles. The van der Waals surface area contributed by atoms with Crippen molar-refractivity contribution in [3.05, 3.63) is 24.3 Å². The van der Waals surface area contributed by atoms with E-state index in [2.05, 4.69) is 4.74 Å². The van der Waals surface area contributed by atoms with Gasteiger partial charge in [-0.15, -0.1) is 0 Å². The Hall–Kier alpha value is -1.09. The first-order valence-electron chi connectivity index (χ1n) is 3.88. The largest absolute Gasteiger partial charge is 0.433 e. The summed E-state index contributed by atoms with van der Waals surface area (Å²) in [6, 6.07) is 0. The summed E-state index contributed by atoms with van der Waals surface area (Å²) < 4.78 is 4.54. The van der Waals surface area contributed by atoms with Crippen molar-refractivity contribution in [2.24, 2.45) is 0 Å². The van der Waals surface area contributed by atoms with Gasteiger partial charge in [-0.2, -0.15) is 0 Å². The minimum atomic E-state index is -0.993. The third kappa shape index (κ3) is 5.68. The fraction of sp³-hybridized carbons (Fsp3) is 0.444. The lowest BCUT2D eigenvalue weighted by molar-refractivity contribution is -0.161. The van der Waals surface area contributed by atoms with Crippen LogP contribution in [0.15, 0.2) is 24.3 Å². The summed E-state index contributed by atoms with van der Waals surface area (Å²) in [5.41, 5.74) is 0. The molecule has 0 amide bonds. The van der Waals surface area contributed by atoms with Crippen LogP contribution in [0.25, 0.3) is 0 Å². The summed E-state index contributed by atoms with van der Waals surface area (Å²) in [4.78, 5) is 10.8. The maximum atomic E-state index is 10.8. The van der Waals surface area contributed by atoms with Crippen molar-refractivity contribution < 1.29 is 14.6 Å². The number of allylic oxidation sites excluding steroid dienone is 3. The molecule has 12 heavy (non-hydrogen) atoms. The number of aliphatic hydroxyl groups excluding tert-OH is 1. The summed E-state index contributed by atoms with van der Waals surface area (Å²) in [6.45, 7) is 3.57. The molecule has 1 atom stereocenters. The number of esters is 1. The highest BCUT2D eigenvalue weighted by molar-refractivity contribution is 5.82. The molecule has 0 aliphatic rings. The Balaban J connectivity index is 3.73. The van der Waals surface area contributed by atoms with Crippen molar-refractivity contribution in [3.63, 3.8) is 0 Å². The Morgan fingerprint density at radius 2 is 2.25 bits per heavy atom. The van der Waals surface area contributed by atoms with Gasteiger partial charge in [-0.05, 0) is 6.92 Å². The lowest BCUT2D eigenvalue weighted by Gasteiger charge is -2.06.